The normalized spacial score (nSPS) is 10.3. The van der Waals surface area contributed by atoms with Gasteiger partial charge in [0.2, 0.25) is 5.91 Å². The highest BCUT2D eigenvalue weighted by molar-refractivity contribution is 7.18. The van der Waals surface area contributed by atoms with Gasteiger partial charge in [0, 0.05) is 12.1 Å². The fraction of sp³-hybridized carbons (Fsp3) is 0.316. The van der Waals surface area contributed by atoms with Gasteiger partial charge in [-0.05, 0) is 32.4 Å². The zero-order valence-electron chi connectivity index (χ0n) is 16.9. The lowest BCUT2D eigenvalue weighted by Gasteiger charge is -2.09. The van der Waals surface area contributed by atoms with Gasteiger partial charge in [0.25, 0.3) is 5.69 Å². The minimum Gasteiger partial charge on any atom is -0.462 e. The number of nitrogens with zero attached hydrogens (tertiary/aromatic N) is 1. The Kier molecular flexibility index (Phi) is 8.34. The van der Waals surface area contributed by atoms with Crippen LogP contribution in [-0.4, -0.2) is 42.5 Å². The molecule has 0 aliphatic heterocycles. The zero-order valence-corrected chi connectivity index (χ0v) is 18.5. The smallest absolute Gasteiger partial charge is 0.348 e. The third kappa shape index (κ3) is 5.92. The molecule has 0 atom stereocenters. The Hall–Kier alpha value is -3.18. The van der Waals surface area contributed by atoms with Crippen LogP contribution in [0.15, 0.2) is 18.2 Å². The van der Waals surface area contributed by atoms with Gasteiger partial charge in [0.05, 0.1) is 41.0 Å². The van der Waals surface area contributed by atoms with E-state index in [1.165, 1.54) is 12.1 Å². The Morgan fingerprint density at radius 1 is 1.16 bits per heavy atom. The van der Waals surface area contributed by atoms with Crippen molar-refractivity contribution < 1.29 is 28.8 Å². The van der Waals surface area contributed by atoms with E-state index in [4.69, 9.17) is 21.1 Å². The summed E-state index contributed by atoms with van der Waals surface area (Å²) in [6.45, 7) is 4.96. The number of halogens is 1. The summed E-state index contributed by atoms with van der Waals surface area (Å²) < 4.78 is 10.1. The molecule has 166 valence electrons. The van der Waals surface area contributed by atoms with Crippen molar-refractivity contribution in [2.75, 3.05) is 30.4 Å². The Labute approximate surface area is 186 Å². The summed E-state index contributed by atoms with van der Waals surface area (Å²) in [6, 6.07) is 3.65. The molecule has 0 saturated heterocycles. The maximum atomic E-state index is 12.4. The predicted octanol–water partition coefficient (Wildman–Crippen LogP) is 4.02. The number of anilines is 2. The number of non-ortho nitro benzene ring substituents is 1. The summed E-state index contributed by atoms with van der Waals surface area (Å²) in [4.78, 5) is 47.3. The Balaban J connectivity index is 2.18. The number of hydrogen-bond donors (Lipinski definition) is 2. The zero-order chi connectivity index (χ0) is 23.1. The van der Waals surface area contributed by atoms with E-state index in [1.54, 1.807) is 20.8 Å². The van der Waals surface area contributed by atoms with Gasteiger partial charge >= 0.3 is 11.9 Å². The number of thiophene rings is 1. The first-order chi connectivity index (χ1) is 14.7. The number of nitrogens with one attached hydrogen (secondary N) is 2. The molecule has 10 nitrogen and oxygen atoms in total. The van der Waals surface area contributed by atoms with Crippen LogP contribution >= 0.6 is 22.9 Å². The number of nitro groups is 1. The minimum atomic E-state index is -0.631. The van der Waals surface area contributed by atoms with Gasteiger partial charge in [0.15, 0.2) is 0 Å². The second kappa shape index (κ2) is 10.7. The minimum absolute atomic E-state index is 0.00586. The second-order valence-electron chi connectivity index (χ2n) is 6.02. The van der Waals surface area contributed by atoms with Crippen molar-refractivity contribution in [2.45, 2.75) is 20.8 Å². The number of esters is 2. The maximum Gasteiger partial charge on any atom is 0.348 e. The number of rotatable bonds is 9. The van der Waals surface area contributed by atoms with Crippen molar-refractivity contribution in [3.8, 4) is 0 Å². The van der Waals surface area contributed by atoms with E-state index < -0.39 is 22.8 Å². The summed E-state index contributed by atoms with van der Waals surface area (Å²) >= 11 is 6.95. The van der Waals surface area contributed by atoms with Crippen LogP contribution < -0.4 is 10.6 Å². The number of carbonyl (C=O) groups excluding carboxylic acids is 3. The van der Waals surface area contributed by atoms with Crippen LogP contribution in [0.3, 0.4) is 0 Å². The first kappa shape index (κ1) is 24.1. The third-order valence-corrected chi connectivity index (χ3v) is 5.48. The highest BCUT2D eigenvalue weighted by Crippen LogP contribution is 2.34. The third-order valence-electron chi connectivity index (χ3n) is 3.93. The number of hydrogen-bond acceptors (Lipinski definition) is 9. The molecule has 1 heterocycles. The van der Waals surface area contributed by atoms with Crippen LogP contribution in [0.1, 0.15) is 39.4 Å². The molecule has 0 saturated carbocycles. The quantitative estimate of drug-likeness (QED) is 0.319. The average molecular weight is 470 g/mol. The molecule has 1 aromatic heterocycles. The van der Waals surface area contributed by atoms with Crippen molar-refractivity contribution >= 4 is 57.2 Å². The summed E-state index contributed by atoms with van der Waals surface area (Å²) in [5, 5.41) is 16.4. The number of ether oxygens (including phenoxy) is 2. The number of benzene rings is 1. The standard InChI is InChI=1S/C19H20ClN3O7S/c1-4-29-18(25)15-10(3)16(19(26)30-5-2)31-17(15)21-9-14(24)22-13-7-6-11(23(27)28)8-12(13)20/h6-8,21H,4-5,9H2,1-3H3,(H,22,24). The fourth-order valence-electron chi connectivity index (χ4n) is 2.55. The average Bonchev–Trinajstić information content (AvgIpc) is 3.04. The lowest BCUT2D eigenvalue weighted by Crippen LogP contribution is -2.22. The molecule has 0 spiro atoms. The maximum absolute atomic E-state index is 12.4. The van der Waals surface area contributed by atoms with Gasteiger partial charge in [-0.25, -0.2) is 9.59 Å². The van der Waals surface area contributed by atoms with Crippen molar-refractivity contribution in [1.82, 2.24) is 0 Å². The highest BCUT2D eigenvalue weighted by atomic mass is 35.5. The SMILES string of the molecule is CCOC(=O)c1sc(NCC(=O)Nc2ccc([N+](=O)[O-])cc2Cl)c(C(=O)OCC)c1C. The van der Waals surface area contributed by atoms with Crippen LogP contribution in [-0.2, 0) is 14.3 Å². The molecule has 0 bridgehead atoms. The van der Waals surface area contributed by atoms with E-state index in [-0.39, 0.29) is 51.6 Å². The van der Waals surface area contributed by atoms with Crippen LogP contribution in [0.25, 0.3) is 0 Å². The molecule has 1 amide bonds. The highest BCUT2D eigenvalue weighted by Gasteiger charge is 2.26. The van der Waals surface area contributed by atoms with E-state index >= 15 is 0 Å². The van der Waals surface area contributed by atoms with Gasteiger partial charge in [-0.2, -0.15) is 0 Å². The molecular formula is C19H20ClN3O7S. The first-order valence-corrected chi connectivity index (χ1v) is 10.3. The van der Waals surface area contributed by atoms with Gasteiger partial charge in [0.1, 0.15) is 9.88 Å². The van der Waals surface area contributed by atoms with Crippen molar-refractivity contribution in [3.05, 3.63) is 49.3 Å². The molecule has 0 unspecified atom stereocenters. The van der Waals surface area contributed by atoms with E-state index in [0.717, 1.165) is 17.4 Å². The van der Waals surface area contributed by atoms with Crippen molar-refractivity contribution in [3.63, 3.8) is 0 Å². The number of nitro benzene ring substituents is 1. The largest absolute Gasteiger partial charge is 0.462 e. The van der Waals surface area contributed by atoms with Crippen LogP contribution in [0.5, 0.6) is 0 Å². The topological polar surface area (TPSA) is 137 Å². The molecule has 2 N–H and O–H groups in total. The van der Waals surface area contributed by atoms with Gasteiger partial charge in [-0.3, -0.25) is 14.9 Å². The van der Waals surface area contributed by atoms with Crippen LogP contribution in [0.4, 0.5) is 16.4 Å². The Bertz CT molecular complexity index is 1020. The summed E-state index contributed by atoms with van der Waals surface area (Å²) in [6.07, 6.45) is 0. The summed E-state index contributed by atoms with van der Waals surface area (Å²) in [7, 11) is 0. The molecule has 0 radical (unpaired) electrons. The molecule has 0 aliphatic rings. The molecule has 0 fully saturated rings. The Morgan fingerprint density at radius 2 is 1.81 bits per heavy atom. The van der Waals surface area contributed by atoms with Gasteiger partial charge in [-0.15, -0.1) is 11.3 Å². The molecule has 12 heteroatoms. The molecule has 1 aromatic carbocycles. The Morgan fingerprint density at radius 3 is 2.39 bits per heavy atom. The lowest BCUT2D eigenvalue weighted by molar-refractivity contribution is -0.384. The second-order valence-corrected chi connectivity index (χ2v) is 7.45. The van der Waals surface area contributed by atoms with E-state index in [9.17, 15) is 24.5 Å². The molecule has 31 heavy (non-hydrogen) atoms. The summed E-state index contributed by atoms with van der Waals surface area (Å²) in [5.74, 6) is -1.73. The van der Waals surface area contributed by atoms with Crippen LogP contribution in [0.2, 0.25) is 5.02 Å². The lowest BCUT2D eigenvalue weighted by atomic mass is 10.1. The van der Waals surface area contributed by atoms with Crippen molar-refractivity contribution in [2.24, 2.45) is 0 Å². The monoisotopic (exact) mass is 469 g/mol. The molecule has 0 aliphatic carbocycles. The summed E-state index contributed by atoms with van der Waals surface area (Å²) in [5.41, 5.74) is 0.527. The molecule has 2 aromatic rings. The van der Waals surface area contributed by atoms with Gasteiger partial charge in [-0.1, -0.05) is 11.6 Å². The first-order valence-electron chi connectivity index (χ1n) is 9.14. The number of carbonyl (C=O) groups is 3. The molecule has 2 rings (SSSR count). The van der Waals surface area contributed by atoms with E-state index in [2.05, 4.69) is 10.6 Å². The van der Waals surface area contributed by atoms with E-state index in [0.29, 0.717) is 5.56 Å². The molecular weight excluding hydrogens is 450 g/mol. The van der Waals surface area contributed by atoms with E-state index in [1.807, 2.05) is 0 Å². The predicted molar refractivity (Wildman–Crippen MR) is 116 cm³/mol. The number of amides is 1. The fourth-order valence-corrected chi connectivity index (χ4v) is 3.86. The van der Waals surface area contributed by atoms with Crippen molar-refractivity contribution in [1.29, 1.82) is 0 Å². The van der Waals surface area contributed by atoms with Crippen LogP contribution in [0, 0.1) is 17.0 Å². The van der Waals surface area contributed by atoms with Gasteiger partial charge < -0.3 is 20.1 Å².